The average Bonchev–Trinajstić information content (AvgIpc) is 3.19. The Labute approximate surface area is 158 Å². The molecule has 8 nitrogen and oxygen atoms in total. The van der Waals surface area contributed by atoms with Crippen LogP contribution >= 0.6 is 0 Å². The number of amides is 1. The fraction of sp³-hybridized carbons (Fsp3) is 0.294. The van der Waals surface area contributed by atoms with Gasteiger partial charge >= 0.3 is 0 Å². The maximum absolute atomic E-state index is 14.8. The standard InChI is InChI=1S/C17H18FN5O3S/c1-21(2)7-8-22-10-12(9-19-22)3-4-13-5-6-14(24)17(16(13)18)23-11-15(25)20-27(23)26/h5-6,9-10,24H,7-8,11H2,1-2H3,(H,20,25). The molecule has 2 N–H and O–H groups in total. The van der Waals surface area contributed by atoms with Gasteiger partial charge in [0.25, 0.3) is 5.91 Å². The van der Waals surface area contributed by atoms with E-state index in [1.165, 1.54) is 12.1 Å². The van der Waals surface area contributed by atoms with Crippen molar-refractivity contribution in [3.63, 3.8) is 0 Å². The van der Waals surface area contributed by atoms with Gasteiger partial charge in [0.05, 0.1) is 23.9 Å². The summed E-state index contributed by atoms with van der Waals surface area (Å²) in [6, 6.07) is 2.58. The number of likely N-dealkylation sites (N-methyl/N-ethyl adjacent to an activating group) is 1. The second-order valence-electron chi connectivity index (χ2n) is 6.15. The summed E-state index contributed by atoms with van der Waals surface area (Å²) in [6.45, 7) is 1.21. The smallest absolute Gasteiger partial charge is 0.253 e. The molecule has 0 saturated carbocycles. The normalized spacial score (nSPS) is 16.4. The Morgan fingerprint density at radius 1 is 1.41 bits per heavy atom. The summed E-state index contributed by atoms with van der Waals surface area (Å²) in [6.07, 6.45) is 3.34. The van der Waals surface area contributed by atoms with E-state index in [0.29, 0.717) is 12.1 Å². The Hall–Kier alpha value is -2.90. The van der Waals surface area contributed by atoms with Gasteiger partial charge in [-0.05, 0) is 26.2 Å². The third kappa shape index (κ3) is 4.27. The van der Waals surface area contributed by atoms with E-state index >= 15 is 0 Å². The number of phenols is 1. The van der Waals surface area contributed by atoms with Crippen molar-refractivity contribution in [3.05, 3.63) is 41.5 Å². The van der Waals surface area contributed by atoms with Crippen LogP contribution in [0.25, 0.3) is 0 Å². The molecule has 1 fully saturated rings. The summed E-state index contributed by atoms with van der Waals surface area (Å²) in [5, 5.41) is 14.1. The van der Waals surface area contributed by atoms with Gasteiger partial charge in [-0.3, -0.25) is 18.5 Å². The lowest BCUT2D eigenvalue weighted by atomic mass is 10.1. The highest BCUT2D eigenvalue weighted by molar-refractivity contribution is 7.85. The van der Waals surface area contributed by atoms with Crippen LogP contribution in [-0.4, -0.2) is 57.1 Å². The van der Waals surface area contributed by atoms with Crippen molar-refractivity contribution in [3.8, 4) is 17.6 Å². The molecule has 10 heteroatoms. The topological polar surface area (TPSA) is 90.7 Å². The summed E-state index contributed by atoms with van der Waals surface area (Å²) >= 11 is -1.95. The molecule has 1 amide bonds. The quantitative estimate of drug-likeness (QED) is 0.727. The number of aromatic hydroxyl groups is 1. The van der Waals surface area contributed by atoms with Crippen LogP contribution in [0.4, 0.5) is 10.1 Å². The van der Waals surface area contributed by atoms with Crippen LogP contribution < -0.4 is 9.03 Å². The maximum Gasteiger partial charge on any atom is 0.253 e. The van der Waals surface area contributed by atoms with Gasteiger partial charge in [-0.25, -0.2) is 8.60 Å². The predicted molar refractivity (Wildman–Crippen MR) is 98.5 cm³/mol. The summed E-state index contributed by atoms with van der Waals surface area (Å²) in [5.41, 5.74) is 0.310. The van der Waals surface area contributed by atoms with Gasteiger partial charge in [0.15, 0.2) is 5.82 Å². The van der Waals surface area contributed by atoms with Crippen LogP contribution in [0.5, 0.6) is 5.75 Å². The van der Waals surface area contributed by atoms with E-state index in [0.717, 1.165) is 10.8 Å². The van der Waals surface area contributed by atoms with Gasteiger partial charge < -0.3 is 10.0 Å². The Morgan fingerprint density at radius 3 is 2.85 bits per heavy atom. The first-order chi connectivity index (χ1) is 12.8. The van der Waals surface area contributed by atoms with Gasteiger partial charge in [-0.2, -0.15) is 5.10 Å². The summed E-state index contributed by atoms with van der Waals surface area (Å²) < 4.78 is 31.5. The van der Waals surface area contributed by atoms with Crippen LogP contribution in [0.15, 0.2) is 24.5 Å². The zero-order chi connectivity index (χ0) is 19.6. The molecule has 1 unspecified atom stereocenters. The van der Waals surface area contributed by atoms with Crippen LogP contribution in [0.1, 0.15) is 11.1 Å². The van der Waals surface area contributed by atoms with E-state index in [2.05, 4.69) is 21.7 Å². The summed E-state index contributed by atoms with van der Waals surface area (Å²) in [7, 11) is 3.93. The zero-order valence-electron chi connectivity index (χ0n) is 14.8. The Kier molecular flexibility index (Phi) is 5.43. The van der Waals surface area contributed by atoms with Crippen LogP contribution in [0.2, 0.25) is 0 Å². The fourth-order valence-electron chi connectivity index (χ4n) is 2.42. The van der Waals surface area contributed by atoms with E-state index in [-0.39, 0.29) is 17.8 Å². The van der Waals surface area contributed by atoms with Crippen LogP contribution in [-0.2, 0) is 22.5 Å². The van der Waals surface area contributed by atoms with Gasteiger partial charge in [-0.15, -0.1) is 0 Å². The first-order valence-electron chi connectivity index (χ1n) is 8.04. The first-order valence-corrected chi connectivity index (χ1v) is 9.15. The van der Waals surface area contributed by atoms with Crippen LogP contribution in [0, 0.1) is 17.7 Å². The van der Waals surface area contributed by atoms with Crippen molar-refractivity contribution in [2.45, 2.75) is 6.54 Å². The molecule has 0 aliphatic carbocycles. The highest BCUT2D eigenvalue weighted by Gasteiger charge is 2.31. The molecule has 2 aromatic rings. The summed E-state index contributed by atoms with van der Waals surface area (Å²) in [5.74, 6) is 3.74. The molecule has 1 saturated heterocycles. The number of nitrogens with zero attached hydrogens (tertiary/aromatic N) is 4. The number of carbonyl (C=O) groups is 1. The van der Waals surface area contributed by atoms with E-state index in [4.69, 9.17) is 0 Å². The number of hydrogen-bond acceptors (Lipinski definition) is 5. The highest BCUT2D eigenvalue weighted by atomic mass is 32.2. The number of hydrogen-bond donors (Lipinski definition) is 2. The Morgan fingerprint density at radius 2 is 2.19 bits per heavy atom. The molecule has 27 heavy (non-hydrogen) atoms. The molecule has 1 atom stereocenters. The zero-order valence-corrected chi connectivity index (χ0v) is 15.6. The van der Waals surface area contributed by atoms with Crippen molar-refractivity contribution in [1.82, 2.24) is 19.4 Å². The second-order valence-corrected chi connectivity index (χ2v) is 7.29. The Balaban J connectivity index is 1.85. The average molecular weight is 391 g/mol. The molecule has 1 aromatic carbocycles. The molecule has 0 spiro atoms. The monoisotopic (exact) mass is 391 g/mol. The number of halogens is 1. The SMILES string of the molecule is CN(C)CCn1cc(C#Cc2ccc(O)c(N3CC(=O)NS3=O)c2F)cn1. The van der Waals surface area contributed by atoms with Crippen molar-refractivity contribution in [2.75, 3.05) is 31.5 Å². The number of benzene rings is 1. The molecule has 0 bridgehead atoms. The van der Waals surface area contributed by atoms with Crippen LogP contribution in [0.3, 0.4) is 0 Å². The molecule has 142 valence electrons. The second kappa shape index (κ2) is 7.77. The minimum atomic E-state index is -1.95. The predicted octanol–water partition coefficient (Wildman–Crippen LogP) is 0.204. The molecule has 1 aromatic heterocycles. The van der Waals surface area contributed by atoms with Gasteiger partial charge in [0.1, 0.15) is 18.0 Å². The number of anilines is 1. The number of rotatable bonds is 4. The largest absolute Gasteiger partial charge is 0.506 e. The number of phenolic OH excluding ortho intramolecular Hbond substituents is 1. The lowest BCUT2D eigenvalue weighted by Gasteiger charge is -2.16. The lowest BCUT2D eigenvalue weighted by molar-refractivity contribution is -0.117. The summed E-state index contributed by atoms with van der Waals surface area (Å²) in [4.78, 5) is 13.4. The van der Waals surface area contributed by atoms with E-state index in [1.54, 1.807) is 17.1 Å². The minimum absolute atomic E-state index is 0.0141. The van der Waals surface area contributed by atoms with Crippen molar-refractivity contribution in [2.24, 2.45) is 0 Å². The molecule has 2 heterocycles. The van der Waals surface area contributed by atoms with E-state index in [9.17, 15) is 18.5 Å². The molecular weight excluding hydrogens is 373 g/mol. The highest BCUT2D eigenvalue weighted by Crippen LogP contribution is 2.33. The third-order valence-corrected chi connectivity index (χ3v) is 4.90. The fourth-order valence-corrected chi connectivity index (χ4v) is 3.36. The molecular formula is C17H18FN5O3S. The third-order valence-electron chi connectivity index (χ3n) is 3.78. The number of carbonyl (C=O) groups excluding carboxylic acids is 1. The lowest BCUT2D eigenvalue weighted by Crippen LogP contribution is -2.23. The molecule has 1 aliphatic heterocycles. The number of nitrogens with one attached hydrogen (secondary N) is 1. The van der Waals surface area contributed by atoms with Crippen molar-refractivity contribution >= 4 is 22.8 Å². The van der Waals surface area contributed by atoms with Crippen molar-refractivity contribution < 1.29 is 18.5 Å². The molecule has 0 radical (unpaired) electrons. The van der Waals surface area contributed by atoms with Gasteiger partial charge in [0.2, 0.25) is 11.2 Å². The van der Waals surface area contributed by atoms with Gasteiger partial charge in [-0.1, -0.05) is 11.8 Å². The minimum Gasteiger partial charge on any atom is -0.506 e. The van der Waals surface area contributed by atoms with E-state index in [1.807, 2.05) is 19.0 Å². The van der Waals surface area contributed by atoms with Gasteiger partial charge in [0, 0.05) is 12.7 Å². The molecule has 3 rings (SSSR count). The number of aromatic nitrogens is 2. The Bertz CT molecular complexity index is 963. The first kappa shape index (κ1) is 18.9. The van der Waals surface area contributed by atoms with E-state index < -0.39 is 28.6 Å². The van der Waals surface area contributed by atoms with Crippen molar-refractivity contribution in [1.29, 1.82) is 0 Å². The maximum atomic E-state index is 14.8. The molecule has 1 aliphatic rings.